The molecule has 1 atom stereocenters. The predicted octanol–water partition coefficient (Wildman–Crippen LogP) is 3.49. The summed E-state index contributed by atoms with van der Waals surface area (Å²) in [5, 5.41) is 7.37. The number of nitrogens with one attached hydrogen (secondary N) is 1. The van der Waals surface area contributed by atoms with E-state index in [0.717, 1.165) is 18.2 Å². The zero-order valence-corrected chi connectivity index (χ0v) is 10.9. The van der Waals surface area contributed by atoms with Gasteiger partial charge in [-0.3, -0.25) is 0 Å². The minimum absolute atomic E-state index is 0. The maximum Gasteiger partial charge on any atom is 0.00670 e. The molecule has 1 aliphatic rings. The molecule has 0 amide bonds. The lowest BCUT2D eigenvalue weighted by Crippen LogP contribution is -2.37. The van der Waals surface area contributed by atoms with Crippen LogP contribution in [0.3, 0.4) is 0 Å². The largest absolute Gasteiger partial charge is 0.310 e. The fraction of sp³-hybridized carbons (Fsp3) is 0.917. The average molecular weight is 233 g/mol. The number of halogens is 1. The van der Waals surface area contributed by atoms with Gasteiger partial charge in [-0.25, -0.2) is 0 Å². The van der Waals surface area contributed by atoms with E-state index in [2.05, 4.69) is 11.8 Å². The first-order valence-electron chi connectivity index (χ1n) is 5.98. The van der Waals surface area contributed by atoms with Crippen molar-refractivity contribution in [1.29, 1.82) is 5.41 Å². The van der Waals surface area contributed by atoms with Crippen LogP contribution in [-0.2, 0) is 0 Å². The van der Waals surface area contributed by atoms with Gasteiger partial charge in [0.15, 0.2) is 0 Å². The summed E-state index contributed by atoms with van der Waals surface area (Å²) < 4.78 is 0. The molecule has 0 spiro atoms. The molecule has 1 aliphatic heterocycles. The van der Waals surface area contributed by atoms with E-state index in [1.165, 1.54) is 45.2 Å². The van der Waals surface area contributed by atoms with Crippen molar-refractivity contribution < 1.29 is 0 Å². The summed E-state index contributed by atoms with van der Waals surface area (Å²) >= 11 is 0. The van der Waals surface area contributed by atoms with Crippen molar-refractivity contribution in [3.8, 4) is 0 Å². The SMILES string of the molecule is CC(=N)CCCC(C)N1CCCCC1.Cl. The summed E-state index contributed by atoms with van der Waals surface area (Å²) in [7, 11) is 0. The first-order chi connectivity index (χ1) is 6.70. The smallest absolute Gasteiger partial charge is 0.00670 e. The van der Waals surface area contributed by atoms with Gasteiger partial charge in [-0.05, 0) is 59.0 Å². The zero-order valence-electron chi connectivity index (χ0n) is 10.1. The van der Waals surface area contributed by atoms with Crippen molar-refractivity contribution in [1.82, 2.24) is 4.90 Å². The van der Waals surface area contributed by atoms with Crippen LogP contribution in [0, 0.1) is 5.41 Å². The number of rotatable bonds is 5. The van der Waals surface area contributed by atoms with Gasteiger partial charge in [-0.2, -0.15) is 0 Å². The maximum atomic E-state index is 7.37. The number of nitrogens with zero attached hydrogens (tertiary/aromatic N) is 1. The number of hydrogen-bond acceptors (Lipinski definition) is 2. The highest BCUT2D eigenvalue weighted by Gasteiger charge is 2.15. The molecule has 1 fully saturated rings. The lowest BCUT2D eigenvalue weighted by molar-refractivity contribution is 0.165. The summed E-state index contributed by atoms with van der Waals surface area (Å²) in [5.74, 6) is 0. The van der Waals surface area contributed by atoms with Crippen LogP contribution in [0.15, 0.2) is 0 Å². The van der Waals surface area contributed by atoms with E-state index in [-0.39, 0.29) is 12.4 Å². The van der Waals surface area contributed by atoms with Crippen LogP contribution in [0.1, 0.15) is 52.4 Å². The Morgan fingerprint density at radius 1 is 1.27 bits per heavy atom. The Morgan fingerprint density at radius 2 is 1.87 bits per heavy atom. The quantitative estimate of drug-likeness (QED) is 0.722. The normalized spacial score (nSPS) is 19.3. The molecule has 0 saturated carbocycles. The molecule has 1 saturated heterocycles. The molecular weight excluding hydrogens is 208 g/mol. The molecular formula is C12H25ClN2. The van der Waals surface area contributed by atoms with Gasteiger partial charge in [-0.1, -0.05) is 6.42 Å². The molecule has 1 N–H and O–H groups in total. The molecule has 0 aliphatic carbocycles. The van der Waals surface area contributed by atoms with Crippen molar-refractivity contribution >= 4 is 18.1 Å². The van der Waals surface area contributed by atoms with Crippen LogP contribution in [0.2, 0.25) is 0 Å². The highest BCUT2D eigenvalue weighted by Crippen LogP contribution is 2.15. The molecule has 1 rings (SSSR count). The Hall–Kier alpha value is -0.0800. The van der Waals surface area contributed by atoms with Gasteiger partial charge >= 0.3 is 0 Å². The summed E-state index contributed by atoms with van der Waals surface area (Å²) in [6, 6.07) is 0.731. The molecule has 0 aromatic carbocycles. The van der Waals surface area contributed by atoms with E-state index < -0.39 is 0 Å². The molecule has 15 heavy (non-hydrogen) atoms. The maximum absolute atomic E-state index is 7.37. The average Bonchev–Trinajstić information content (AvgIpc) is 2.18. The van der Waals surface area contributed by atoms with E-state index in [9.17, 15) is 0 Å². The van der Waals surface area contributed by atoms with Gasteiger partial charge in [0.05, 0.1) is 0 Å². The lowest BCUT2D eigenvalue weighted by atomic mass is 10.0. The van der Waals surface area contributed by atoms with E-state index >= 15 is 0 Å². The summed E-state index contributed by atoms with van der Waals surface area (Å²) in [6.45, 7) is 6.84. The third-order valence-electron chi connectivity index (χ3n) is 3.19. The Kier molecular flexibility index (Phi) is 8.07. The summed E-state index contributed by atoms with van der Waals surface area (Å²) in [6.07, 6.45) is 7.62. The van der Waals surface area contributed by atoms with Crippen molar-refractivity contribution in [2.75, 3.05) is 13.1 Å². The third kappa shape index (κ3) is 6.16. The van der Waals surface area contributed by atoms with Crippen LogP contribution < -0.4 is 0 Å². The van der Waals surface area contributed by atoms with Crippen LogP contribution in [0.4, 0.5) is 0 Å². The van der Waals surface area contributed by atoms with Crippen LogP contribution in [0.25, 0.3) is 0 Å². The van der Waals surface area contributed by atoms with E-state index in [1.807, 2.05) is 6.92 Å². The Bertz CT molecular complexity index is 176. The molecule has 0 aromatic rings. The van der Waals surface area contributed by atoms with Gasteiger partial charge in [0.2, 0.25) is 0 Å². The van der Waals surface area contributed by atoms with Crippen molar-refractivity contribution in [2.24, 2.45) is 0 Å². The molecule has 1 heterocycles. The topological polar surface area (TPSA) is 27.1 Å². The second-order valence-electron chi connectivity index (χ2n) is 4.62. The first-order valence-corrected chi connectivity index (χ1v) is 5.98. The molecule has 90 valence electrons. The minimum Gasteiger partial charge on any atom is -0.310 e. The Balaban J connectivity index is 0.00000196. The number of likely N-dealkylation sites (tertiary alicyclic amines) is 1. The predicted molar refractivity (Wildman–Crippen MR) is 69.4 cm³/mol. The van der Waals surface area contributed by atoms with Gasteiger partial charge in [0.25, 0.3) is 0 Å². The van der Waals surface area contributed by atoms with E-state index in [0.29, 0.717) is 0 Å². The van der Waals surface area contributed by atoms with E-state index in [1.54, 1.807) is 0 Å². The Labute approximate surface area is 100 Å². The van der Waals surface area contributed by atoms with Gasteiger partial charge in [0.1, 0.15) is 0 Å². The lowest BCUT2D eigenvalue weighted by Gasteiger charge is -2.32. The highest BCUT2D eigenvalue weighted by molar-refractivity contribution is 5.85. The second kappa shape index (κ2) is 8.12. The highest BCUT2D eigenvalue weighted by atomic mass is 35.5. The molecule has 2 nitrogen and oxygen atoms in total. The molecule has 0 radical (unpaired) electrons. The zero-order chi connectivity index (χ0) is 10.4. The van der Waals surface area contributed by atoms with Gasteiger partial charge < -0.3 is 10.3 Å². The van der Waals surface area contributed by atoms with Crippen molar-refractivity contribution in [3.63, 3.8) is 0 Å². The van der Waals surface area contributed by atoms with Crippen LogP contribution in [-0.4, -0.2) is 29.7 Å². The Morgan fingerprint density at radius 3 is 2.40 bits per heavy atom. The molecule has 3 heteroatoms. The summed E-state index contributed by atoms with van der Waals surface area (Å²) in [4.78, 5) is 2.61. The first kappa shape index (κ1) is 14.9. The fourth-order valence-electron chi connectivity index (χ4n) is 2.20. The van der Waals surface area contributed by atoms with Crippen molar-refractivity contribution in [3.05, 3.63) is 0 Å². The van der Waals surface area contributed by atoms with Crippen LogP contribution in [0.5, 0.6) is 0 Å². The van der Waals surface area contributed by atoms with Crippen molar-refractivity contribution in [2.45, 2.75) is 58.4 Å². The number of hydrogen-bond donors (Lipinski definition) is 1. The minimum atomic E-state index is 0. The van der Waals surface area contributed by atoms with Gasteiger partial charge in [-0.15, -0.1) is 12.4 Å². The third-order valence-corrected chi connectivity index (χ3v) is 3.19. The molecule has 0 bridgehead atoms. The molecule has 0 aromatic heterocycles. The van der Waals surface area contributed by atoms with Gasteiger partial charge in [0, 0.05) is 11.8 Å². The fourth-order valence-corrected chi connectivity index (χ4v) is 2.20. The summed E-state index contributed by atoms with van der Waals surface area (Å²) in [5.41, 5.74) is 0.829. The number of piperidine rings is 1. The standard InChI is InChI=1S/C12H24N2.ClH/c1-11(13)7-6-8-12(2)14-9-4-3-5-10-14;/h12-13H,3-10H2,1-2H3;1H. The monoisotopic (exact) mass is 232 g/mol. The van der Waals surface area contributed by atoms with Crippen LogP contribution >= 0.6 is 12.4 Å². The second-order valence-corrected chi connectivity index (χ2v) is 4.62. The molecule has 1 unspecified atom stereocenters. The van der Waals surface area contributed by atoms with E-state index in [4.69, 9.17) is 5.41 Å².